The third kappa shape index (κ3) is 4.44. The second kappa shape index (κ2) is 8.47. The molecule has 0 aliphatic rings. The van der Waals surface area contributed by atoms with Crippen molar-refractivity contribution in [1.29, 1.82) is 0 Å². The molecule has 0 heterocycles. The van der Waals surface area contributed by atoms with Crippen molar-refractivity contribution >= 4 is 22.7 Å². The van der Waals surface area contributed by atoms with E-state index in [4.69, 9.17) is 0 Å². The average molecular weight is 390 g/mol. The molecule has 0 aromatic heterocycles. The van der Waals surface area contributed by atoms with Gasteiger partial charge in [-0.25, -0.2) is 4.39 Å². The smallest absolute Gasteiger partial charge is 0.166 e. The summed E-state index contributed by atoms with van der Waals surface area (Å²) in [5.41, 5.74) is 0. The van der Waals surface area contributed by atoms with Crippen LogP contribution in [-0.4, -0.2) is 0 Å². The van der Waals surface area contributed by atoms with Crippen LogP contribution in [0, 0.1) is 5.82 Å². The van der Waals surface area contributed by atoms with Gasteiger partial charge in [-0.05, 0) is 72.8 Å². The maximum Gasteiger partial charge on any atom is 0.166 e. The molecule has 1 atom stereocenters. The summed E-state index contributed by atoms with van der Waals surface area (Å²) < 4.78 is 13.4. The lowest BCUT2D eigenvalue weighted by molar-refractivity contribution is 0.626. The van der Waals surface area contributed by atoms with Crippen LogP contribution in [0.4, 0.5) is 4.39 Å². The van der Waals surface area contributed by atoms with E-state index in [-0.39, 0.29) is 16.7 Å². The second-order valence-electron chi connectivity index (χ2n) is 5.96. The van der Waals surface area contributed by atoms with Gasteiger partial charge in [-0.1, -0.05) is 48.2 Å². The number of hydrogen-bond acceptors (Lipinski definition) is 1. The first-order valence-corrected chi connectivity index (χ1v) is 10.7. The summed E-state index contributed by atoms with van der Waals surface area (Å²) in [6.45, 7) is 0. The number of hydrogen-bond donors (Lipinski definition) is 0. The van der Waals surface area contributed by atoms with Gasteiger partial charge in [0.15, 0.2) is 14.7 Å². The molecule has 0 aliphatic carbocycles. The van der Waals surface area contributed by atoms with Gasteiger partial charge < -0.3 is 0 Å². The van der Waals surface area contributed by atoms with Crippen LogP contribution in [0.25, 0.3) is 0 Å². The van der Waals surface area contributed by atoms with E-state index in [0.717, 1.165) is 4.90 Å². The Bertz CT molecular complexity index is 982. The number of rotatable bonds is 5. The average Bonchev–Trinajstić information content (AvgIpc) is 2.73. The maximum absolute atomic E-state index is 13.4. The molecule has 0 N–H and O–H groups in total. The highest BCUT2D eigenvalue weighted by atomic mass is 32.2. The van der Waals surface area contributed by atoms with E-state index in [9.17, 15) is 4.39 Å². The highest BCUT2D eigenvalue weighted by Crippen LogP contribution is 2.33. The molecule has 132 valence electrons. The first-order chi connectivity index (χ1) is 13.3. The Balaban J connectivity index is 1.67. The Kier molecular flexibility index (Phi) is 5.61. The first-order valence-electron chi connectivity index (χ1n) is 8.67. The van der Waals surface area contributed by atoms with Crippen LogP contribution in [0.5, 0.6) is 0 Å². The molecular formula is C24H18FS2+. The molecule has 3 heteroatoms. The van der Waals surface area contributed by atoms with Crippen LogP contribution < -0.4 is 0 Å². The monoisotopic (exact) mass is 389 g/mol. The molecule has 0 saturated heterocycles. The number of halogens is 1. The molecule has 4 aromatic rings. The van der Waals surface area contributed by atoms with Crippen LogP contribution in [0.3, 0.4) is 0 Å². The molecule has 4 rings (SSSR count). The van der Waals surface area contributed by atoms with E-state index in [1.165, 1.54) is 31.7 Å². The molecular weight excluding hydrogens is 371 g/mol. The van der Waals surface area contributed by atoms with Gasteiger partial charge in [0.25, 0.3) is 0 Å². The Labute approximate surface area is 166 Å². The van der Waals surface area contributed by atoms with Gasteiger partial charge in [0.05, 0.1) is 10.9 Å². The van der Waals surface area contributed by atoms with Crippen molar-refractivity contribution in [3.8, 4) is 0 Å². The molecule has 0 spiro atoms. The predicted molar refractivity (Wildman–Crippen MR) is 112 cm³/mol. The minimum absolute atomic E-state index is 0.204. The van der Waals surface area contributed by atoms with Crippen molar-refractivity contribution < 1.29 is 4.39 Å². The maximum atomic E-state index is 13.4. The van der Waals surface area contributed by atoms with E-state index in [2.05, 4.69) is 72.8 Å². The van der Waals surface area contributed by atoms with E-state index in [1.807, 2.05) is 24.3 Å². The number of benzene rings is 4. The molecule has 0 bridgehead atoms. The molecule has 1 unspecified atom stereocenters. The van der Waals surface area contributed by atoms with Crippen LogP contribution in [0.15, 0.2) is 134 Å². The zero-order chi connectivity index (χ0) is 18.5. The predicted octanol–water partition coefficient (Wildman–Crippen LogP) is 7.07. The molecule has 0 aliphatic heterocycles. The second-order valence-corrected chi connectivity index (χ2v) is 9.13. The molecule has 27 heavy (non-hydrogen) atoms. The quantitative estimate of drug-likeness (QED) is 0.329. The minimum atomic E-state index is -0.254. The van der Waals surface area contributed by atoms with Gasteiger partial charge in [-0.15, -0.1) is 0 Å². The Morgan fingerprint density at radius 1 is 0.481 bits per heavy atom. The normalized spacial score (nSPS) is 11.9. The van der Waals surface area contributed by atoms with E-state index >= 15 is 0 Å². The zero-order valence-corrected chi connectivity index (χ0v) is 16.2. The third-order valence-electron chi connectivity index (χ3n) is 4.07. The standard InChI is InChI=1S/C24H18FS2/c25-19-11-15-23(16-12-19)27(22-9-5-2-6-10-22)24-17-13-21(14-18-24)26-20-7-3-1-4-8-20/h1-18H/q+1. The summed E-state index contributed by atoms with van der Waals surface area (Å²) in [6, 6.07) is 36.3. The highest BCUT2D eigenvalue weighted by Gasteiger charge is 2.28. The van der Waals surface area contributed by atoms with E-state index in [0.29, 0.717) is 0 Å². The highest BCUT2D eigenvalue weighted by molar-refractivity contribution is 7.99. The van der Waals surface area contributed by atoms with Gasteiger partial charge in [-0.3, -0.25) is 0 Å². The third-order valence-corrected chi connectivity index (χ3v) is 7.31. The summed E-state index contributed by atoms with van der Waals surface area (Å²) in [6.07, 6.45) is 0. The van der Waals surface area contributed by atoms with Crippen LogP contribution in [-0.2, 0) is 10.9 Å². The van der Waals surface area contributed by atoms with Crippen LogP contribution in [0.2, 0.25) is 0 Å². The molecule has 0 amide bonds. The topological polar surface area (TPSA) is 0 Å². The first kappa shape index (κ1) is 17.9. The zero-order valence-electron chi connectivity index (χ0n) is 14.6. The lowest BCUT2D eigenvalue weighted by atomic mass is 10.3. The van der Waals surface area contributed by atoms with Crippen LogP contribution in [0.1, 0.15) is 0 Å². The Morgan fingerprint density at radius 3 is 1.52 bits per heavy atom. The summed E-state index contributed by atoms with van der Waals surface area (Å²) >= 11 is 1.76. The van der Waals surface area contributed by atoms with Crippen LogP contribution >= 0.6 is 11.8 Å². The van der Waals surface area contributed by atoms with Crippen molar-refractivity contribution in [2.45, 2.75) is 24.5 Å². The Morgan fingerprint density at radius 2 is 0.926 bits per heavy atom. The summed E-state index contributed by atoms with van der Waals surface area (Å²) in [5.74, 6) is -0.204. The lowest BCUT2D eigenvalue weighted by Gasteiger charge is -2.09. The van der Waals surface area contributed by atoms with Gasteiger partial charge in [0.1, 0.15) is 5.82 Å². The molecule has 0 nitrogen and oxygen atoms in total. The molecule has 4 aromatic carbocycles. The molecule has 0 radical (unpaired) electrons. The summed E-state index contributed by atoms with van der Waals surface area (Å²) in [5, 5.41) is 0. The van der Waals surface area contributed by atoms with Crippen molar-refractivity contribution in [2.24, 2.45) is 0 Å². The molecule has 0 fully saturated rings. The van der Waals surface area contributed by atoms with Gasteiger partial charge >= 0.3 is 0 Å². The minimum Gasteiger partial charge on any atom is -0.207 e. The summed E-state index contributed by atoms with van der Waals surface area (Å²) in [4.78, 5) is 6.01. The van der Waals surface area contributed by atoms with Crippen molar-refractivity contribution in [1.82, 2.24) is 0 Å². The molecule has 0 saturated carbocycles. The van der Waals surface area contributed by atoms with Gasteiger partial charge in [0.2, 0.25) is 0 Å². The fourth-order valence-electron chi connectivity index (χ4n) is 2.80. The largest absolute Gasteiger partial charge is 0.207 e. The van der Waals surface area contributed by atoms with Gasteiger partial charge in [0, 0.05) is 9.79 Å². The summed E-state index contributed by atoms with van der Waals surface area (Å²) in [7, 11) is -0.254. The lowest BCUT2D eigenvalue weighted by Crippen LogP contribution is -2.04. The van der Waals surface area contributed by atoms with Crippen molar-refractivity contribution in [2.75, 3.05) is 0 Å². The van der Waals surface area contributed by atoms with E-state index in [1.54, 1.807) is 11.8 Å². The van der Waals surface area contributed by atoms with Crippen molar-refractivity contribution in [3.05, 3.63) is 115 Å². The van der Waals surface area contributed by atoms with Gasteiger partial charge in [-0.2, -0.15) is 0 Å². The Hall–Kier alpha value is -2.49. The van der Waals surface area contributed by atoms with Crippen molar-refractivity contribution in [3.63, 3.8) is 0 Å². The fraction of sp³-hybridized carbons (Fsp3) is 0. The SMILES string of the molecule is Fc1ccc([S+](c2ccccc2)c2ccc(Sc3ccccc3)cc2)cc1. The fourth-order valence-corrected chi connectivity index (χ4v) is 5.70. The van der Waals surface area contributed by atoms with E-state index < -0.39 is 0 Å².